The van der Waals surface area contributed by atoms with Crippen LogP contribution in [0.15, 0.2) is 16.9 Å². The van der Waals surface area contributed by atoms with E-state index in [-0.39, 0.29) is 10.9 Å². The maximum Gasteiger partial charge on any atom is 0.223 e. The SMILES string of the molecule is CC(Cl)C(C)(C)Nc1ncc(Br)cn1. The molecule has 1 atom stereocenters. The normalized spacial score (nSPS) is 13.8. The number of hydrogen-bond donors (Lipinski definition) is 1. The molecule has 0 saturated heterocycles. The third kappa shape index (κ3) is 3.10. The Hall–Kier alpha value is -0.350. The average Bonchev–Trinajstić information content (AvgIpc) is 2.08. The summed E-state index contributed by atoms with van der Waals surface area (Å²) in [6.07, 6.45) is 3.40. The molecule has 0 aliphatic heterocycles. The lowest BCUT2D eigenvalue weighted by Crippen LogP contribution is -2.39. The molecule has 1 unspecified atom stereocenters. The van der Waals surface area contributed by atoms with E-state index in [0.29, 0.717) is 5.95 Å². The molecule has 0 amide bonds. The molecule has 0 saturated carbocycles. The first-order chi connectivity index (χ1) is 6.42. The summed E-state index contributed by atoms with van der Waals surface area (Å²) >= 11 is 9.30. The molecule has 0 spiro atoms. The molecule has 1 aromatic rings. The van der Waals surface area contributed by atoms with E-state index in [1.807, 2.05) is 20.8 Å². The van der Waals surface area contributed by atoms with Gasteiger partial charge in [-0.05, 0) is 36.7 Å². The van der Waals surface area contributed by atoms with Crippen LogP contribution in [-0.2, 0) is 0 Å². The van der Waals surface area contributed by atoms with Crippen molar-refractivity contribution in [3.8, 4) is 0 Å². The number of hydrogen-bond acceptors (Lipinski definition) is 3. The van der Waals surface area contributed by atoms with Gasteiger partial charge in [-0.25, -0.2) is 9.97 Å². The van der Waals surface area contributed by atoms with Crippen LogP contribution >= 0.6 is 27.5 Å². The van der Waals surface area contributed by atoms with Gasteiger partial charge in [0.2, 0.25) is 5.95 Å². The molecule has 1 aromatic heterocycles. The van der Waals surface area contributed by atoms with E-state index in [9.17, 15) is 0 Å². The van der Waals surface area contributed by atoms with Crippen molar-refractivity contribution in [3.05, 3.63) is 16.9 Å². The van der Waals surface area contributed by atoms with Gasteiger partial charge < -0.3 is 5.32 Å². The Labute approximate surface area is 97.4 Å². The van der Waals surface area contributed by atoms with E-state index in [1.54, 1.807) is 12.4 Å². The molecular weight excluding hydrogens is 265 g/mol. The third-order valence-electron chi connectivity index (χ3n) is 2.05. The van der Waals surface area contributed by atoms with Gasteiger partial charge in [-0.2, -0.15) is 0 Å². The van der Waals surface area contributed by atoms with Gasteiger partial charge in [-0.3, -0.25) is 0 Å². The fourth-order valence-corrected chi connectivity index (χ4v) is 1.02. The summed E-state index contributed by atoms with van der Waals surface area (Å²) in [7, 11) is 0. The second-order valence-corrected chi connectivity index (χ2v) is 5.26. The third-order valence-corrected chi connectivity index (χ3v) is 3.00. The minimum Gasteiger partial charge on any atom is -0.348 e. The number of nitrogens with one attached hydrogen (secondary N) is 1. The van der Waals surface area contributed by atoms with Crippen LogP contribution in [0, 0.1) is 0 Å². The molecule has 1 rings (SSSR count). The smallest absolute Gasteiger partial charge is 0.223 e. The van der Waals surface area contributed by atoms with Crippen molar-refractivity contribution in [1.82, 2.24) is 9.97 Å². The van der Waals surface area contributed by atoms with Crippen molar-refractivity contribution < 1.29 is 0 Å². The highest BCUT2D eigenvalue weighted by molar-refractivity contribution is 9.10. The first-order valence-corrected chi connectivity index (χ1v) is 5.54. The van der Waals surface area contributed by atoms with Gasteiger partial charge in [0.05, 0.1) is 15.4 Å². The van der Waals surface area contributed by atoms with Crippen molar-refractivity contribution in [2.24, 2.45) is 0 Å². The fraction of sp³-hybridized carbons (Fsp3) is 0.556. The number of aromatic nitrogens is 2. The van der Waals surface area contributed by atoms with Crippen LogP contribution in [0.1, 0.15) is 20.8 Å². The molecule has 0 aliphatic rings. The predicted octanol–water partition coefficient (Wildman–Crippen LogP) is 3.06. The summed E-state index contributed by atoms with van der Waals surface area (Å²) in [5, 5.41) is 3.17. The minimum absolute atomic E-state index is 0.00486. The zero-order valence-corrected chi connectivity index (χ0v) is 10.7. The van der Waals surface area contributed by atoms with Gasteiger partial charge in [-0.15, -0.1) is 11.6 Å². The Balaban J connectivity index is 2.74. The van der Waals surface area contributed by atoms with Crippen LogP contribution in [0.2, 0.25) is 0 Å². The topological polar surface area (TPSA) is 37.8 Å². The lowest BCUT2D eigenvalue weighted by atomic mass is 10.0. The highest BCUT2D eigenvalue weighted by atomic mass is 79.9. The molecule has 14 heavy (non-hydrogen) atoms. The molecule has 0 bridgehead atoms. The van der Waals surface area contributed by atoms with Crippen molar-refractivity contribution in [2.75, 3.05) is 5.32 Å². The molecule has 1 heterocycles. The van der Waals surface area contributed by atoms with E-state index in [2.05, 4.69) is 31.2 Å². The fourth-order valence-electron chi connectivity index (χ4n) is 0.764. The summed E-state index contributed by atoms with van der Waals surface area (Å²) in [5.41, 5.74) is -0.227. The van der Waals surface area contributed by atoms with Crippen LogP contribution in [0.3, 0.4) is 0 Å². The van der Waals surface area contributed by atoms with Gasteiger partial charge in [0.25, 0.3) is 0 Å². The monoisotopic (exact) mass is 277 g/mol. The zero-order valence-electron chi connectivity index (χ0n) is 8.38. The zero-order chi connectivity index (χ0) is 10.8. The number of nitrogens with zero attached hydrogens (tertiary/aromatic N) is 2. The van der Waals surface area contributed by atoms with Gasteiger partial charge in [0, 0.05) is 12.4 Å². The lowest BCUT2D eigenvalue weighted by Gasteiger charge is -2.28. The largest absolute Gasteiger partial charge is 0.348 e. The summed E-state index contributed by atoms with van der Waals surface area (Å²) in [6.45, 7) is 5.96. The molecule has 0 aromatic carbocycles. The molecule has 0 radical (unpaired) electrons. The van der Waals surface area contributed by atoms with Gasteiger partial charge >= 0.3 is 0 Å². The summed E-state index contributed by atoms with van der Waals surface area (Å²) in [6, 6.07) is 0. The van der Waals surface area contributed by atoms with Crippen molar-refractivity contribution in [3.63, 3.8) is 0 Å². The molecule has 3 nitrogen and oxygen atoms in total. The molecular formula is C9H13BrClN3. The number of rotatable bonds is 3. The summed E-state index contributed by atoms with van der Waals surface area (Å²) < 4.78 is 0.861. The van der Waals surface area contributed by atoms with Crippen molar-refractivity contribution in [1.29, 1.82) is 0 Å². The van der Waals surface area contributed by atoms with Crippen LogP contribution in [0.5, 0.6) is 0 Å². The van der Waals surface area contributed by atoms with Crippen molar-refractivity contribution in [2.45, 2.75) is 31.7 Å². The Morgan fingerprint density at radius 2 is 1.93 bits per heavy atom. The first-order valence-electron chi connectivity index (χ1n) is 4.31. The number of anilines is 1. The molecule has 1 N–H and O–H groups in total. The van der Waals surface area contributed by atoms with E-state index in [4.69, 9.17) is 11.6 Å². The maximum atomic E-state index is 6.02. The van der Waals surface area contributed by atoms with E-state index >= 15 is 0 Å². The minimum atomic E-state index is -0.227. The van der Waals surface area contributed by atoms with Gasteiger partial charge in [-0.1, -0.05) is 0 Å². The van der Waals surface area contributed by atoms with E-state index in [1.165, 1.54) is 0 Å². The van der Waals surface area contributed by atoms with E-state index < -0.39 is 0 Å². The van der Waals surface area contributed by atoms with E-state index in [0.717, 1.165) is 4.47 Å². The standard InChI is InChI=1S/C9H13BrClN3/c1-6(11)9(2,3)14-8-12-4-7(10)5-13-8/h4-6H,1-3H3,(H,12,13,14). The Morgan fingerprint density at radius 1 is 1.43 bits per heavy atom. The average molecular weight is 279 g/mol. The quantitative estimate of drug-likeness (QED) is 0.864. The lowest BCUT2D eigenvalue weighted by molar-refractivity contribution is 0.549. The molecule has 0 aliphatic carbocycles. The number of alkyl halides is 1. The second-order valence-electron chi connectivity index (χ2n) is 3.69. The molecule has 0 fully saturated rings. The molecule has 78 valence electrons. The first kappa shape index (κ1) is 11.7. The predicted molar refractivity (Wildman–Crippen MR) is 62.7 cm³/mol. The van der Waals surface area contributed by atoms with Gasteiger partial charge in [0.1, 0.15) is 0 Å². The van der Waals surface area contributed by atoms with Crippen LogP contribution in [0.4, 0.5) is 5.95 Å². The van der Waals surface area contributed by atoms with Gasteiger partial charge in [0.15, 0.2) is 0 Å². The highest BCUT2D eigenvalue weighted by Crippen LogP contribution is 2.19. The van der Waals surface area contributed by atoms with Crippen molar-refractivity contribution >= 4 is 33.5 Å². The highest BCUT2D eigenvalue weighted by Gasteiger charge is 2.24. The summed E-state index contributed by atoms with van der Waals surface area (Å²) in [5.74, 6) is 0.589. The van der Waals surface area contributed by atoms with Crippen LogP contribution < -0.4 is 5.32 Å². The van der Waals surface area contributed by atoms with Crippen LogP contribution in [-0.4, -0.2) is 20.9 Å². The maximum absolute atomic E-state index is 6.02. The molecule has 5 heteroatoms. The Bertz CT molecular complexity index is 297. The Kier molecular flexibility index (Phi) is 3.72. The Morgan fingerprint density at radius 3 is 2.36 bits per heavy atom. The second kappa shape index (κ2) is 4.45. The summed E-state index contributed by atoms with van der Waals surface area (Å²) in [4.78, 5) is 8.24. The van der Waals surface area contributed by atoms with Crippen LogP contribution in [0.25, 0.3) is 0 Å². The number of halogens is 2.